The van der Waals surface area contributed by atoms with Crippen molar-refractivity contribution in [2.75, 3.05) is 14.2 Å². The second-order valence-electron chi connectivity index (χ2n) is 9.51. The number of hydrogen-bond donors (Lipinski definition) is 0. The molecule has 0 radical (unpaired) electrons. The first kappa shape index (κ1) is 22.1. The Morgan fingerprint density at radius 1 is 1.32 bits per heavy atom. The molecular formula is C26H36N2O3. The highest BCUT2D eigenvalue weighted by atomic mass is 16.6. The number of ether oxygens (including phenoxy) is 2. The largest absolute Gasteiger partial charge is 0.497 e. The minimum absolute atomic E-state index is 0.136. The standard InChI is InChI=1S/C26H36N2O3/c1-7-14-25-16-26(28(5)24(25)29)22(27-23(31-26)18(8-2)9-3)15-21(17(25)4)19-10-12-20(30-6)13-11-19/h7,10-13,17-18,21,23H,1,8-9,14-16H2,2-6H3/t17-,21+,23-,25+,26+/m1/s1. The van der Waals surface area contributed by atoms with Gasteiger partial charge in [0.2, 0.25) is 5.91 Å². The van der Waals surface area contributed by atoms with Crippen LogP contribution in [0.25, 0.3) is 0 Å². The van der Waals surface area contributed by atoms with Gasteiger partial charge in [-0.05, 0) is 55.2 Å². The molecule has 1 aromatic carbocycles. The van der Waals surface area contributed by atoms with Crippen LogP contribution in [0.2, 0.25) is 0 Å². The van der Waals surface area contributed by atoms with Crippen molar-refractivity contribution in [1.29, 1.82) is 0 Å². The third-order valence-electron chi connectivity index (χ3n) is 8.27. The summed E-state index contributed by atoms with van der Waals surface area (Å²) in [6.07, 6.45) is 5.87. The number of amides is 1. The maximum absolute atomic E-state index is 13.8. The second-order valence-corrected chi connectivity index (χ2v) is 9.51. The van der Waals surface area contributed by atoms with Crippen LogP contribution < -0.4 is 4.74 Å². The third kappa shape index (κ3) is 3.15. The highest BCUT2D eigenvalue weighted by molar-refractivity contribution is 6.02. The lowest BCUT2D eigenvalue weighted by Gasteiger charge is -2.38. The molecule has 2 aliphatic heterocycles. The van der Waals surface area contributed by atoms with E-state index in [9.17, 15) is 4.79 Å². The first-order chi connectivity index (χ1) is 14.9. The number of hydrogen-bond acceptors (Lipinski definition) is 4. The van der Waals surface area contributed by atoms with E-state index < -0.39 is 11.1 Å². The summed E-state index contributed by atoms with van der Waals surface area (Å²) in [4.78, 5) is 20.8. The molecule has 5 atom stereocenters. The van der Waals surface area contributed by atoms with Crippen molar-refractivity contribution in [3.63, 3.8) is 0 Å². The number of nitrogens with zero attached hydrogens (tertiary/aromatic N) is 2. The zero-order valence-electron chi connectivity index (χ0n) is 19.6. The van der Waals surface area contributed by atoms with Gasteiger partial charge >= 0.3 is 0 Å². The summed E-state index contributed by atoms with van der Waals surface area (Å²) in [6, 6.07) is 8.29. The van der Waals surface area contributed by atoms with Gasteiger partial charge in [-0.1, -0.05) is 39.0 Å². The molecule has 1 saturated carbocycles. The van der Waals surface area contributed by atoms with E-state index in [1.165, 1.54) is 5.56 Å². The summed E-state index contributed by atoms with van der Waals surface area (Å²) in [7, 11) is 3.58. The smallest absolute Gasteiger partial charge is 0.231 e. The van der Waals surface area contributed by atoms with Crippen LogP contribution in [-0.4, -0.2) is 42.6 Å². The van der Waals surface area contributed by atoms with Crippen LogP contribution in [0.3, 0.4) is 0 Å². The van der Waals surface area contributed by atoms with Crippen molar-refractivity contribution in [1.82, 2.24) is 4.90 Å². The minimum Gasteiger partial charge on any atom is -0.497 e. The number of carbonyl (C=O) groups is 1. The van der Waals surface area contributed by atoms with Crippen molar-refractivity contribution >= 4 is 11.6 Å². The number of aliphatic imine (C=N–C) groups is 1. The summed E-state index contributed by atoms with van der Waals surface area (Å²) < 4.78 is 12.1. The van der Waals surface area contributed by atoms with E-state index in [1.54, 1.807) is 7.11 Å². The van der Waals surface area contributed by atoms with Crippen molar-refractivity contribution < 1.29 is 14.3 Å². The topological polar surface area (TPSA) is 51.1 Å². The molecule has 2 bridgehead atoms. The average Bonchev–Trinajstić information content (AvgIpc) is 3.20. The van der Waals surface area contributed by atoms with Gasteiger partial charge in [0.25, 0.3) is 0 Å². The summed E-state index contributed by atoms with van der Waals surface area (Å²) in [5.41, 5.74) is 1.02. The second kappa shape index (κ2) is 8.09. The summed E-state index contributed by atoms with van der Waals surface area (Å²) in [5, 5.41) is 0. The van der Waals surface area contributed by atoms with E-state index in [0.717, 1.165) is 30.7 Å². The molecule has 0 N–H and O–H groups in total. The van der Waals surface area contributed by atoms with Gasteiger partial charge in [-0.25, -0.2) is 0 Å². The lowest BCUT2D eigenvalue weighted by atomic mass is 9.66. The Bertz CT molecular complexity index is 875. The van der Waals surface area contributed by atoms with E-state index in [0.29, 0.717) is 18.8 Å². The van der Waals surface area contributed by atoms with E-state index in [-0.39, 0.29) is 24.0 Å². The quantitative estimate of drug-likeness (QED) is 0.567. The van der Waals surface area contributed by atoms with Gasteiger partial charge in [-0.2, -0.15) is 0 Å². The number of rotatable bonds is 7. The summed E-state index contributed by atoms with van der Waals surface area (Å²) >= 11 is 0. The van der Waals surface area contributed by atoms with E-state index in [4.69, 9.17) is 14.5 Å². The molecular weight excluding hydrogens is 388 g/mol. The van der Waals surface area contributed by atoms with Gasteiger partial charge in [-0.15, -0.1) is 6.58 Å². The van der Waals surface area contributed by atoms with Gasteiger partial charge in [0, 0.05) is 19.4 Å². The van der Waals surface area contributed by atoms with Crippen molar-refractivity contribution in [3.8, 4) is 5.75 Å². The SMILES string of the molecule is C=CC[C@]12C[C@@]3(O[C@H](C(CC)CC)N=C3C[C@H](c3ccc(OC)cc3)[C@H]1C)N(C)C2=O. The van der Waals surface area contributed by atoms with Crippen molar-refractivity contribution in [2.45, 2.75) is 70.7 Å². The Morgan fingerprint density at radius 2 is 2.00 bits per heavy atom. The van der Waals surface area contributed by atoms with Gasteiger partial charge < -0.3 is 14.4 Å². The van der Waals surface area contributed by atoms with Crippen LogP contribution in [0.5, 0.6) is 5.75 Å². The average molecular weight is 425 g/mol. The third-order valence-corrected chi connectivity index (χ3v) is 8.27. The predicted molar refractivity (Wildman–Crippen MR) is 123 cm³/mol. The van der Waals surface area contributed by atoms with Gasteiger partial charge in [-0.3, -0.25) is 9.79 Å². The first-order valence-electron chi connectivity index (χ1n) is 11.6. The van der Waals surface area contributed by atoms with E-state index in [2.05, 4.69) is 39.5 Å². The molecule has 1 spiro atoms. The molecule has 4 rings (SSSR count). The Hall–Kier alpha value is -2.14. The lowest BCUT2D eigenvalue weighted by Crippen LogP contribution is -2.51. The number of allylic oxidation sites excluding steroid dienone is 1. The molecule has 1 amide bonds. The fraction of sp³-hybridized carbons (Fsp3) is 0.615. The van der Waals surface area contributed by atoms with Gasteiger partial charge in [0.05, 0.1) is 18.2 Å². The zero-order valence-corrected chi connectivity index (χ0v) is 19.6. The Kier molecular flexibility index (Phi) is 5.76. The van der Waals surface area contributed by atoms with E-state index >= 15 is 0 Å². The van der Waals surface area contributed by atoms with Gasteiger partial charge in [0.1, 0.15) is 5.75 Å². The molecule has 2 heterocycles. The zero-order chi connectivity index (χ0) is 22.4. The Morgan fingerprint density at radius 3 is 2.58 bits per heavy atom. The number of fused-ring (bicyclic) bond motifs is 1. The Labute approximate surface area is 186 Å². The normalized spacial score (nSPS) is 34.5. The molecule has 0 unspecified atom stereocenters. The number of carbonyl (C=O) groups excluding carboxylic acids is 1. The molecule has 1 saturated heterocycles. The van der Waals surface area contributed by atoms with Crippen LogP contribution in [0.15, 0.2) is 41.9 Å². The molecule has 0 aromatic heterocycles. The molecule has 1 aromatic rings. The van der Waals surface area contributed by atoms with Crippen molar-refractivity contribution in [2.24, 2.45) is 22.2 Å². The molecule has 1 aliphatic carbocycles. The minimum atomic E-state index is -0.719. The highest BCUT2D eigenvalue weighted by Crippen LogP contribution is 2.60. The van der Waals surface area contributed by atoms with Gasteiger partial charge in [0.15, 0.2) is 12.0 Å². The molecule has 5 nitrogen and oxygen atoms in total. The molecule has 5 heteroatoms. The van der Waals surface area contributed by atoms with Crippen LogP contribution >= 0.6 is 0 Å². The van der Waals surface area contributed by atoms with E-state index in [1.807, 2.05) is 30.2 Å². The van der Waals surface area contributed by atoms with Crippen LogP contribution in [0, 0.1) is 17.3 Å². The van der Waals surface area contributed by atoms with Crippen LogP contribution in [-0.2, 0) is 9.53 Å². The summed E-state index contributed by atoms with van der Waals surface area (Å²) in [6.45, 7) is 10.6. The highest BCUT2D eigenvalue weighted by Gasteiger charge is 2.68. The monoisotopic (exact) mass is 424 g/mol. The first-order valence-corrected chi connectivity index (χ1v) is 11.6. The fourth-order valence-corrected chi connectivity index (χ4v) is 6.18. The maximum atomic E-state index is 13.8. The van der Waals surface area contributed by atoms with Crippen LogP contribution in [0.1, 0.15) is 64.4 Å². The molecule has 168 valence electrons. The maximum Gasteiger partial charge on any atom is 0.231 e. The van der Waals surface area contributed by atoms with Crippen LogP contribution in [0.4, 0.5) is 0 Å². The Balaban J connectivity index is 1.83. The lowest BCUT2D eigenvalue weighted by molar-refractivity contribution is -0.150. The number of likely N-dealkylation sites (tertiary alicyclic amines) is 1. The predicted octanol–water partition coefficient (Wildman–Crippen LogP) is 5.17. The molecule has 2 fully saturated rings. The number of methoxy groups -OCH3 is 1. The number of benzene rings is 1. The molecule has 3 aliphatic rings. The fourth-order valence-electron chi connectivity index (χ4n) is 6.18. The molecule has 31 heavy (non-hydrogen) atoms. The van der Waals surface area contributed by atoms with Crippen molar-refractivity contribution in [3.05, 3.63) is 42.5 Å². The summed E-state index contributed by atoms with van der Waals surface area (Å²) in [5.74, 6) is 1.69.